The molecular formula is C14H16BrN3OS. The van der Waals surface area contributed by atoms with Gasteiger partial charge < -0.3 is 16.0 Å². The van der Waals surface area contributed by atoms with Crippen LogP contribution < -0.4 is 16.0 Å². The first-order valence-corrected chi connectivity index (χ1v) is 7.85. The van der Waals surface area contributed by atoms with Gasteiger partial charge in [-0.2, -0.15) is 0 Å². The Morgan fingerprint density at radius 1 is 1.20 bits per heavy atom. The van der Waals surface area contributed by atoms with E-state index in [-0.39, 0.29) is 12.1 Å². The Kier molecular flexibility index (Phi) is 5.03. The van der Waals surface area contributed by atoms with Crippen molar-refractivity contribution >= 4 is 44.7 Å². The van der Waals surface area contributed by atoms with Crippen LogP contribution in [-0.2, 0) is 0 Å². The van der Waals surface area contributed by atoms with Crippen LogP contribution in [0.1, 0.15) is 17.8 Å². The Labute approximate surface area is 130 Å². The topological polar surface area (TPSA) is 53.2 Å². The van der Waals surface area contributed by atoms with E-state index in [1.165, 1.54) is 4.88 Å². The number of carbonyl (C=O) groups excluding carboxylic acids is 1. The minimum Gasteiger partial charge on any atom is -0.378 e. The number of nitrogens with one attached hydrogen (secondary N) is 3. The van der Waals surface area contributed by atoms with Crippen molar-refractivity contribution in [1.82, 2.24) is 5.32 Å². The molecule has 0 bridgehead atoms. The largest absolute Gasteiger partial charge is 0.378 e. The number of hydrogen-bond acceptors (Lipinski definition) is 3. The maximum atomic E-state index is 11.2. The average molecular weight is 354 g/mol. The predicted octanol–water partition coefficient (Wildman–Crippen LogP) is 4.44. The first-order chi connectivity index (χ1) is 9.60. The van der Waals surface area contributed by atoms with Gasteiger partial charge in [0.1, 0.15) is 0 Å². The second-order valence-electron chi connectivity index (χ2n) is 4.28. The summed E-state index contributed by atoms with van der Waals surface area (Å²) in [4.78, 5) is 12.5. The smallest absolute Gasteiger partial charge is 0.318 e. The highest BCUT2D eigenvalue weighted by atomic mass is 79.9. The molecule has 3 N–H and O–H groups in total. The molecule has 2 aromatic rings. The van der Waals surface area contributed by atoms with Gasteiger partial charge in [0.15, 0.2) is 0 Å². The van der Waals surface area contributed by atoms with Crippen LogP contribution in [0.2, 0.25) is 0 Å². The molecule has 1 aromatic carbocycles. The van der Waals surface area contributed by atoms with E-state index in [9.17, 15) is 4.79 Å². The van der Waals surface area contributed by atoms with E-state index in [0.29, 0.717) is 0 Å². The quantitative estimate of drug-likeness (QED) is 0.761. The summed E-state index contributed by atoms with van der Waals surface area (Å²) in [5.41, 5.74) is 1.78. The molecule has 1 atom stereocenters. The summed E-state index contributed by atoms with van der Waals surface area (Å²) in [6.45, 7) is 2.12. The number of amides is 2. The van der Waals surface area contributed by atoms with Gasteiger partial charge in [-0.1, -0.05) is 0 Å². The zero-order valence-corrected chi connectivity index (χ0v) is 13.6. The third-order valence-electron chi connectivity index (χ3n) is 2.79. The maximum Gasteiger partial charge on any atom is 0.318 e. The van der Waals surface area contributed by atoms with E-state index in [4.69, 9.17) is 0 Å². The minimum absolute atomic E-state index is 0.221. The normalized spacial score (nSPS) is 11.8. The van der Waals surface area contributed by atoms with E-state index < -0.39 is 0 Å². The highest BCUT2D eigenvalue weighted by Gasteiger charge is 2.10. The summed E-state index contributed by atoms with van der Waals surface area (Å²) in [6, 6.07) is 9.69. The third kappa shape index (κ3) is 3.74. The molecule has 0 spiro atoms. The SMILES string of the molecule is CNC(=O)Nc1ccc(NC(C)c2sccc2Br)cc1. The van der Waals surface area contributed by atoms with Crippen LogP contribution in [-0.4, -0.2) is 13.1 Å². The first kappa shape index (κ1) is 14.9. The second-order valence-corrected chi connectivity index (χ2v) is 6.08. The van der Waals surface area contributed by atoms with Crippen LogP contribution in [0.3, 0.4) is 0 Å². The van der Waals surface area contributed by atoms with Crippen molar-refractivity contribution in [1.29, 1.82) is 0 Å². The van der Waals surface area contributed by atoms with Crippen molar-refractivity contribution in [2.75, 3.05) is 17.7 Å². The van der Waals surface area contributed by atoms with Crippen molar-refractivity contribution in [2.45, 2.75) is 13.0 Å². The Bertz CT molecular complexity index is 582. The van der Waals surface area contributed by atoms with Crippen molar-refractivity contribution in [3.05, 3.63) is 45.1 Å². The minimum atomic E-state index is -0.221. The lowest BCUT2D eigenvalue weighted by Crippen LogP contribution is -2.24. The zero-order valence-electron chi connectivity index (χ0n) is 11.2. The molecule has 0 saturated carbocycles. The van der Waals surface area contributed by atoms with E-state index in [1.807, 2.05) is 24.3 Å². The highest BCUT2D eigenvalue weighted by Crippen LogP contribution is 2.31. The standard InChI is InChI=1S/C14H16BrN3OS/c1-9(13-12(15)7-8-20-13)17-10-3-5-11(6-4-10)18-14(19)16-2/h3-9,17H,1-2H3,(H2,16,18,19). The molecule has 0 aliphatic rings. The molecule has 0 aliphatic heterocycles. The van der Waals surface area contributed by atoms with Crippen LogP contribution in [0, 0.1) is 0 Å². The van der Waals surface area contributed by atoms with Crippen LogP contribution in [0.4, 0.5) is 16.2 Å². The van der Waals surface area contributed by atoms with Gasteiger partial charge in [0, 0.05) is 27.8 Å². The van der Waals surface area contributed by atoms with E-state index in [1.54, 1.807) is 18.4 Å². The molecule has 4 nitrogen and oxygen atoms in total. The van der Waals surface area contributed by atoms with Gasteiger partial charge in [-0.25, -0.2) is 4.79 Å². The molecular weight excluding hydrogens is 338 g/mol. The highest BCUT2D eigenvalue weighted by molar-refractivity contribution is 9.10. The number of hydrogen-bond donors (Lipinski definition) is 3. The zero-order chi connectivity index (χ0) is 14.5. The summed E-state index contributed by atoms with van der Waals surface area (Å²) < 4.78 is 1.13. The van der Waals surface area contributed by atoms with Crippen molar-refractivity contribution < 1.29 is 4.79 Å². The van der Waals surface area contributed by atoms with Crippen LogP contribution >= 0.6 is 27.3 Å². The molecule has 20 heavy (non-hydrogen) atoms. The summed E-state index contributed by atoms with van der Waals surface area (Å²) in [5, 5.41) is 10.7. The van der Waals surface area contributed by atoms with Gasteiger partial charge in [0.25, 0.3) is 0 Å². The van der Waals surface area contributed by atoms with Crippen LogP contribution in [0.15, 0.2) is 40.2 Å². The number of halogens is 1. The van der Waals surface area contributed by atoms with E-state index >= 15 is 0 Å². The fourth-order valence-corrected chi connectivity index (χ4v) is 3.50. The summed E-state index contributed by atoms with van der Waals surface area (Å²) >= 11 is 5.26. The number of rotatable bonds is 4. The Balaban J connectivity index is 2.00. The number of urea groups is 1. The number of carbonyl (C=O) groups is 1. The molecule has 1 heterocycles. The number of thiophene rings is 1. The molecule has 0 fully saturated rings. The monoisotopic (exact) mass is 353 g/mol. The van der Waals surface area contributed by atoms with Crippen LogP contribution in [0.25, 0.3) is 0 Å². The summed E-state index contributed by atoms with van der Waals surface area (Å²) in [5.74, 6) is 0. The van der Waals surface area contributed by atoms with Crippen molar-refractivity contribution in [3.63, 3.8) is 0 Å². The summed E-state index contributed by atoms with van der Waals surface area (Å²) in [6.07, 6.45) is 0. The van der Waals surface area contributed by atoms with Gasteiger partial charge >= 0.3 is 6.03 Å². The molecule has 1 unspecified atom stereocenters. The molecule has 0 saturated heterocycles. The lowest BCUT2D eigenvalue weighted by molar-refractivity contribution is 0.254. The molecule has 106 valence electrons. The van der Waals surface area contributed by atoms with Gasteiger partial charge in [-0.15, -0.1) is 11.3 Å². The Hall–Kier alpha value is -1.53. The molecule has 0 radical (unpaired) electrons. The van der Waals surface area contributed by atoms with E-state index in [0.717, 1.165) is 15.8 Å². The molecule has 0 aliphatic carbocycles. The van der Waals surface area contributed by atoms with Crippen molar-refractivity contribution in [2.24, 2.45) is 0 Å². The lowest BCUT2D eigenvalue weighted by atomic mass is 10.2. The average Bonchev–Trinajstić information content (AvgIpc) is 2.87. The first-order valence-electron chi connectivity index (χ1n) is 6.18. The third-order valence-corrected chi connectivity index (χ3v) is 4.84. The molecule has 1 aromatic heterocycles. The Morgan fingerprint density at radius 2 is 1.85 bits per heavy atom. The van der Waals surface area contributed by atoms with E-state index in [2.05, 4.69) is 50.3 Å². The molecule has 2 amide bonds. The molecule has 2 rings (SSSR count). The maximum absolute atomic E-state index is 11.2. The van der Waals surface area contributed by atoms with Gasteiger partial charge in [0.2, 0.25) is 0 Å². The van der Waals surface area contributed by atoms with Crippen LogP contribution in [0.5, 0.6) is 0 Å². The fraction of sp³-hybridized carbons (Fsp3) is 0.214. The second kappa shape index (κ2) is 6.76. The van der Waals surface area contributed by atoms with Gasteiger partial charge in [-0.3, -0.25) is 0 Å². The van der Waals surface area contributed by atoms with Gasteiger partial charge in [-0.05, 0) is 58.6 Å². The predicted molar refractivity (Wildman–Crippen MR) is 88.6 cm³/mol. The summed E-state index contributed by atoms with van der Waals surface area (Å²) in [7, 11) is 1.59. The number of benzene rings is 1. The van der Waals surface area contributed by atoms with Crippen molar-refractivity contribution in [3.8, 4) is 0 Å². The lowest BCUT2D eigenvalue weighted by Gasteiger charge is -2.15. The number of anilines is 2. The fourth-order valence-electron chi connectivity index (χ4n) is 1.77. The molecule has 6 heteroatoms. The Morgan fingerprint density at radius 3 is 2.40 bits per heavy atom. The van der Waals surface area contributed by atoms with Gasteiger partial charge in [0.05, 0.1) is 6.04 Å².